The minimum Gasteiger partial charge on any atom is -0.369 e. The number of benzene rings is 1. The molecule has 0 radical (unpaired) electrons. The van der Waals surface area contributed by atoms with Crippen LogP contribution in [0.15, 0.2) is 41.0 Å². The van der Waals surface area contributed by atoms with E-state index in [4.69, 9.17) is 0 Å². The number of hydrogen-bond donors (Lipinski definition) is 2. The Balaban J connectivity index is 1.88. The first-order chi connectivity index (χ1) is 13.2. The zero-order chi connectivity index (χ0) is 20.3. The third-order valence-corrected chi connectivity index (χ3v) is 5.61. The number of sulfone groups is 1. The van der Waals surface area contributed by atoms with Gasteiger partial charge in [0.15, 0.2) is 0 Å². The summed E-state index contributed by atoms with van der Waals surface area (Å²) in [6.45, 7) is 4.20. The topological polar surface area (TPSA) is 96.9 Å². The van der Waals surface area contributed by atoms with Crippen LogP contribution in [-0.2, 0) is 9.84 Å². The molecule has 0 aliphatic heterocycles. The van der Waals surface area contributed by atoms with Gasteiger partial charge in [-0.3, -0.25) is 0 Å². The van der Waals surface area contributed by atoms with Gasteiger partial charge in [0, 0.05) is 22.7 Å². The molecule has 0 unspecified atom stereocenters. The van der Waals surface area contributed by atoms with E-state index in [1.165, 1.54) is 6.26 Å². The lowest BCUT2D eigenvalue weighted by molar-refractivity contribution is 0.602. The summed E-state index contributed by atoms with van der Waals surface area (Å²) in [6.07, 6.45) is 2.88. The lowest BCUT2D eigenvalue weighted by Gasteiger charge is -2.17. The molecule has 2 N–H and O–H groups in total. The van der Waals surface area contributed by atoms with Crippen molar-refractivity contribution in [1.82, 2.24) is 15.0 Å². The summed E-state index contributed by atoms with van der Waals surface area (Å²) >= 11 is 3.50. The summed E-state index contributed by atoms with van der Waals surface area (Å²) in [6, 6.07) is 9.97. The predicted octanol–water partition coefficient (Wildman–Crippen LogP) is 3.73. The molecular formula is C19H22BrN5O2S. The van der Waals surface area contributed by atoms with Crippen molar-refractivity contribution < 1.29 is 8.42 Å². The molecule has 3 aromatic rings. The van der Waals surface area contributed by atoms with E-state index in [0.29, 0.717) is 24.0 Å². The molecule has 7 nitrogen and oxygen atoms in total. The number of hydrogen-bond acceptors (Lipinski definition) is 7. The van der Waals surface area contributed by atoms with Gasteiger partial charge in [-0.05, 0) is 37.6 Å². The Morgan fingerprint density at radius 2 is 2.00 bits per heavy atom. The highest BCUT2D eigenvalue weighted by Crippen LogP contribution is 2.27. The number of aryl methyl sites for hydroxylation is 1. The van der Waals surface area contributed by atoms with Gasteiger partial charge in [0.1, 0.15) is 27.3 Å². The molecule has 0 bridgehead atoms. The van der Waals surface area contributed by atoms with Gasteiger partial charge in [-0.2, -0.15) is 0 Å². The number of aromatic nitrogens is 3. The Kier molecular flexibility index (Phi) is 6.14. The van der Waals surface area contributed by atoms with E-state index in [1.807, 2.05) is 25.1 Å². The van der Waals surface area contributed by atoms with Crippen molar-refractivity contribution in [3.05, 3.63) is 52.4 Å². The number of halogens is 1. The van der Waals surface area contributed by atoms with Crippen LogP contribution in [-0.4, -0.2) is 41.9 Å². The Hall–Kier alpha value is -2.26. The largest absolute Gasteiger partial charge is 0.369 e. The normalized spacial score (nSPS) is 12.7. The van der Waals surface area contributed by atoms with Crippen molar-refractivity contribution >= 4 is 48.3 Å². The van der Waals surface area contributed by atoms with Gasteiger partial charge >= 0.3 is 0 Å². The molecule has 1 atom stereocenters. The van der Waals surface area contributed by atoms with Gasteiger partial charge in [0.2, 0.25) is 0 Å². The maximum atomic E-state index is 11.3. The molecule has 0 amide bonds. The van der Waals surface area contributed by atoms with Crippen LogP contribution in [0.2, 0.25) is 0 Å². The molecule has 0 spiro atoms. The Bertz CT molecular complexity index is 1100. The van der Waals surface area contributed by atoms with Gasteiger partial charge in [0.05, 0.1) is 23.5 Å². The van der Waals surface area contributed by atoms with Crippen molar-refractivity contribution in [2.75, 3.05) is 29.2 Å². The number of nitrogens with zero attached hydrogens (tertiary/aromatic N) is 3. The van der Waals surface area contributed by atoms with E-state index < -0.39 is 9.84 Å². The molecule has 0 saturated heterocycles. The van der Waals surface area contributed by atoms with Crippen molar-refractivity contribution in [1.29, 1.82) is 0 Å². The number of nitrogens with one attached hydrogen (secondary N) is 2. The predicted molar refractivity (Wildman–Crippen MR) is 116 cm³/mol. The van der Waals surface area contributed by atoms with Crippen LogP contribution in [0.4, 0.5) is 11.6 Å². The summed E-state index contributed by atoms with van der Waals surface area (Å²) in [4.78, 5) is 13.3. The van der Waals surface area contributed by atoms with Gasteiger partial charge in [0.25, 0.3) is 0 Å². The van der Waals surface area contributed by atoms with Gasteiger partial charge in [-0.1, -0.05) is 28.1 Å². The van der Waals surface area contributed by atoms with E-state index in [2.05, 4.69) is 60.6 Å². The van der Waals surface area contributed by atoms with Crippen LogP contribution in [0.3, 0.4) is 0 Å². The number of pyridine rings is 1. The van der Waals surface area contributed by atoms with Crippen molar-refractivity contribution in [3.8, 4) is 0 Å². The Morgan fingerprint density at radius 3 is 2.71 bits per heavy atom. The molecule has 1 aromatic carbocycles. The maximum absolute atomic E-state index is 11.3. The first-order valence-electron chi connectivity index (χ1n) is 8.79. The summed E-state index contributed by atoms with van der Waals surface area (Å²) in [5.74, 6) is 1.99. The number of rotatable bonds is 7. The Morgan fingerprint density at radius 1 is 1.21 bits per heavy atom. The second-order valence-corrected chi connectivity index (χ2v) is 9.86. The molecule has 148 valence electrons. The van der Waals surface area contributed by atoms with E-state index >= 15 is 0 Å². The van der Waals surface area contributed by atoms with Crippen LogP contribution >= 0.6 is 15.9 Å². The van der Waals surface area contributed by atoms with E-state index in [1.54, 1.807) is 6.20 Å². The molecule has 0 fully saturated rings. The summed E-state index contributed by atoms with van der Waals surface area (Å²) in [5, 5.41) is 7.32. The fourth-order valence-electron chi connectivity index (χ4n) is 2.78. The molecule has 28 heavy (non-hydrogen) atoms. The molecular weight excluding hydrogens is 442 g/mol. The first kappa shape index (κ1) is 20.5. The molecule has 9 heteroatoms. The second kappa shape index (κ2) is 8.40. The smallest absolute Gasteiger partial charge is 0.149 e. The minimum absolute atomic E-state index is 0.0322. The molecule has 0 saturated carbocycles. The van der Waals surface area contributed by atoms with E-state index in [9.17, 15) is 8.42 Å². The van der Waals surface area contributed by atoms with Crippen LogP contribution in [0.25, 0.3) is 10.9 Å². The highest BCUT2D eigenvalue weighted by molar-refractivity contribution is 9.10. The van der Waals surface area contributed by atoms with Crippen LogP contribution in [0.1, 0.15) is 24.4 Å². The monoisotopic (exact) mass is 463 g/mol. The minimum atomic E-state index is -3.03. The maximum Gasteiger partial charge on any atom is 0.149 e. The Labute approximate surface area is 173 Å². The highest BCUT2D eigenvalue weighted by Gasteiger charge is 2.12. The van der Waals surface area contributed by atoms with Gasteiger partial charge in [-0.25, -0.2) is 23.4 Å². The third kappa shape index (κ3) is 5.39. The molecule has 2 heterocycles. The lowest BCUT2D eigenvalue weighted by Crippen LogP contribution is -2.15. The SMILES string of the molecule is Cc1nc(N[C@H](C)c2cccc(Br)c2)c2cc(NCCS(C)(=O)=O)ncc2n1. The van der Waals surface area contributed by atoms with Crippen LogP contribution in [0, 0.1) is 6.92 Å². The fraction of sp³-hybridized carbons (Fsp3) is 0.316. The molecule has 0 aliphatic rings. The first-order valence-corrected chi connectivity index (χ1v) is 11.6. The molecule has 0 aliphatic carbocycles. The lowest BCUT2D eigenvalue weighted by atomic mass is 10.1. The highest BCUT2D eigenvalue weighted by atomic mass is 79.9. The quantitative estimate of drug-likeness (QED) is 0.550. The van der Waals surface area contributed by atoms with E-state index in [-0.39, 0.29) is 11.8 Å². The average molecular weight is 464 g/mol. The van der Waals surface area contributed by atoms with Gasteiger partial charge < -0.3 is 10.6 Å². The van der Waals surface area contributed by atoms with Crippen molar-refractivity contribution in [3.63, 3.8) is 0 Å². The standard InChI is InChI=1S/C19H22BrN5O2S/c1-12(14-5-4-6-15(20)9-14)23-19-16-10-18(21-7-8-28(3,26)27)22-11-17(16)24-13(2)25-19/h4-6,9-12H,7-8H2,1-3H3,(H,21,22)(H,23,24,25)/t12-/m1/s1. The third-order valence-electron chi connectivity index (χ3n) is 4.17. The summed E-state index contributed by atoms with van der Waals surface area (Å²) < 4.78 is 23.6. The summed E-state index contributed by atoms with van der Waals surface area (Å²) in [5.41, 5.74) is 1.85. The van der Waals surface area contributed by atoms with E-state index in [0.717, 1.165) is 20.9 Å². The van der Waals surface area contributed by atoms with Crippen LogP contribution < -0.4 is 10.6 Å². The van der Waals surface area contributed by atoms with Crippen LogP contribution in [0.5, 0.6) is 0 Å². The zero-order valence-corrected chi connectivity index (χ0v) is 18.3. The van der Waals surface area contributed by atoms with Crippen molar-refractivity contribution in [2.24, 2.45) is 0 Å². The zero-order valence-electron chi connectivity index (χ0n) is 15.9. The average Bonchev–Trinajstić information content (AvgIpc) is 2.61. The number of anilines is 2. The van der Waals surface area contributed by atoms with Gasteiger partial charge in [-0.15, -0.1) is 0 Å². The number of fused-ring (bicyclic) bond motifs is 1. The molecule has 2 aromatic heterocycles. The summed E-state index contributed by atoms with van der Waals surface area (Å²) in [7, 11) is -3.03. The second-order valence-electron chi connectivity index (χ2n) is 6.68. The molecule has 3 rings (SSSR count). The fourth-order valence-corrected chi connectivity index (χ4v) is 3.67. The van der Waals surface area contributed by atoms with Crippen molar-refractivity contribution in [2.45, 2.75) is 19.9 Å².